The average molecular weight is 344 g/mol. The Morgan fingerprint density at radius 1 is 1.36 bits per heavy atom. The van der Waals surface area contributed by atoms with Crippen LogP contribution in [0.15, 0.2) is 24.4 Å². The minimum Gasteiger partial charge on any atom is -0.391 e. The van der Waals surface area contributed by atoms with E-state index >= 15 is 0 Å². The normalized spacial score (nSPS) is 22.0. The fourth-order valence-corrected chi connectivity index (χ4v) is 4.31. The van der Waals surface area contributed by atoms with E-state index in [4.69, 9.17) is 0 Å². The predicted octanol–water partition coefficient (Wildman–Crippen LogP) is 2.23. The van der Waals surface area contributed by atoms with Gasteiger partial charge in [-0.2, -0.15) is 0 Å². The molecule has 7 heteroatoms. The van der Waals surface area contributed by atoms with Gasteiger partial charge in [0.15, 0.2) is 5.69 Å². The Balaban J connectivity index is 1.63. The van der Waals surface area contributed by atoms with Crippen molar-refractivity contribution in [2.45, 2.75) is 50.7 Å². The average Bonchev–Trinajstić information content (AvgIpc) is 3.30. The van der Waals surface area contributed by atoms with Gasteiger partial charge in [0.05, 0.1) is 23.5 Å². The quantitative estimate of drug-likeness (QED) is 0.907. The molecule has 2 fully saturated rings. The van der Waals surface area contributed by atoms with Crippen LogP contribution in [0.4, 0.5) is 4.39 Å². The van der Waals surface area contributed by atoms with Crippen molar-refractivity contribution in [2.75, 3.05) is 6.54 Å². The van der Waals surface area contributed by atoms with Gasteiger partial charge in [-0.3, -0.25) is 4.79 Å². The summed E-state index contributed by atoms with van der Waals surface area (Å²) in [5, 5.41) is 18.5. The third-order valence-corrected chi connectivity index (χ3v) is 5.62. The van der Waals surface area contributed by atoms with Gasteiger partial charge < -0.3 is 10.0 Å². The summed E-state index contributed by atoms with van der Waals surface area (Å²) < 4.78 is 14.8. The van der Waals surface area contributed by atoms with Gasteiger partial charge in [-0.1, -0.05) is 18.1 Å². The Bertz CT molecular complexity index is 813. The molecular weight excluding hydrogens is 323 g/mol. The van der Waals surface area contributed by atoms with Gasteiger partial charge in [0.2, 0.25) is 0 Å². The van der Waals surface area contributed by atoms with E-state index in [1.807, 2.05) is 0 Å². The Morgan fingerprint density at radius 2 is 2.12 bits per heavy atom. The molecule has 1 amide bonds. The molecule has 1 N–H and O–H groups in total. The number of nitrogens with zero attached hydrogens (tertiary/aromatic N) is 4. The van der Waals surface area contributed by atoms with Crippen molar-refractivity contribution in [1.82, 2.24) is 19.9 Å². The summed E-state index contributed by atoms with van der Waals surface area (Å²) in [6.45, 7) is 2.33. The predicted molar refractivity (Wildman–Crippen MR) is 88.9 cm³/mol. The standard InChI is InChI=1S/C18H21FN4O2/c1-12-10-13(19)4-5-15(12)23-11-14(20-21-23)17(25)22-9-6-16(24)18(22)7-2-3-8-18/h4-5,10-11,16,24H,2-3,6-9H2,1H3. The molecule has 1 aliphatic heterocycles. The van der Waals surface area contributed by atoms with Gasteiger partial charge >= 0.3 is 0 Å². The Kier molecular flexibility index (Phi) is 3.83. The van der Waals surface area contributed by atoms with Crippen LogP contribution in [-0.4, -0.2) is 49.1 Å². The van der Waals surface area contributed by atoms with Crippen molar-refractivity contribution in [2.24, 2.45) is 0 Å². The van der Waals surface area contributed by atoms with E-state index in [9.17, 15) is 14.3 Å². The fourth-order valence-electron chi connectivity index (χ4n) is 4.31. The minimum absolute atomic E-state index is 0.190. The lowest BCUT2D eigenvalue weighted by atomic mass is 9.91. The number of benzene rings is 1. The first-order chi connectivity index (χ1) is 12.0. The van der Waals surface area contributed by atoms with Gasteiger partial charge in [-0.05, 0) is 49.9 Å². The molecule has 2 aliphatic rings. The number of amides is 1. The number of aliphatic hydroxyl groups is 1. The van der Waals surface area contributed by atoms with Crippen molar-refractivity contribution in [3.63, 3.8) is 0 Å². The van der Waals surface area contributed by atoms with Gasteiger partial charge in [0.25, 0.3) is 5.91 Å². The smallest absolute Gasteiger partial charge is 0.276 e. The zero-order chi connectivity index (χ0) is 17.6. The molecule has 1 aromatic heterocycles. The maximum Gasteiger partial charge on any atom is 0.276 e. The summed E-state index contributed by atoms with van der Waals surface area (Å²) in [6, 6.07) is 4.39. The number of carbonyl (C=O) groups excluding carboxylic acids is 1. The highest BCUT2D eigenvalue weighted by Crippen LogP contribution is 2.43. The van der Waals surface area contributed by atoms with Crippen molar-refractivity contribution in [1.29, 1.82) is 0 Å². The van der Waals surface area contributed by atoms with E-state index in [2.05, 4.69) is 10.3 Å². The molecule has 2 heterocycles. The summed E-state index contributed by atoms with van der Waals surface area (Å²) in [6.07, 6.45) is 5.46. The molecule has 1 aromatic carbocycles. The van der Waals surface area contributed by atoms with Gasteiger partial charge in [-0.25, -0.2) is 9.07 Å². The third-order valence-electron chi connectivity index (χ3n) is 5.62. The largest absolute Gasteiger partial charge is 0.391 e. The Labute approximate surface area is 145 Å². The highest BCUT2D eigenvalue weighted by Gasteiger charge is 2.52. The molecular formula is C18H21FN4O2. The van der Waals surface area contributed by atoms with Crippen LogP contribution in [-0.2, 0) is 0 Å². The van der Waals surface area contributed by atoms with E-state index in [-0.39, 0.29) is 17.4 Å². The molecule has 1 saturated carbocycles. The monoisotopic (exact) mass is 344 g/mol. The Morgan fingerprint density at radius 3 is 2.84 bits per heavy atom. The molecule has 25 heavy (non-hydrogen) atoms. The molecule has 2 aromatic rings. The highest BCUT2D eigenvalue weighted by atomic mass is 19.1. The van der Waals surface area contributed by atoms with Crippen molar-refractivity contribution in [3.8, 4) is 5.69 Å². The molecule has 132 valence electrons. The maximum absolute atomic E-state index is 13.3. The van der Waals surface area contributed by atoms with Crippen LogP contribution in [0.3, 0.4) is 0 Å². The lowest BCUT2D eigenvalue weighted by Gasteiger charge is -2.36. The molecule has 1 saturated heterocycles. The SMILES string of the molecule is Cc1cc(F)ccc1-n1cc(C(=O)N2CCC(O)C23CCCC3)nn1. The van der Waals surface area contributed by atoms with Crippen LogP contribution in [0.25, 0.3) is 5.69 Å². The van der Waals surface area contributed by atoms with Crippen molar-refractivity contribution >= 4 is 5.91 Å². The van der Waals surface area contributed by atoms with E-state index in [0.717, 1.165) is 25.7 Å². The lowest BCUT2D eigenvalue weighted by molar-refractivity contribution is 0.0256. The first-order valence-corrected chi connectivity index (χ1v) is 8.70. The van der Waals surface area contributed by atoms with Gasteiger partial charge in [0, 0.05) is 6.54 Å². The zero-order valence-electron chi connectivity index (χ0n) is 14.2. The third kappa shape index (κ3) is 2.54. The van der Waals surface area contributed by atoms with Crippen LogP contribution in [0, 0.1) is 12.7 Å². The number of aliphatic hydroxyl groups excluding tert-OH is 1. The number of rotatable bonds is 2. The van der Waals surface area contributed by atoms with Crippen LogP contribution in [0.1, 0.15) is 48.2 Å². The van der Waals surface area contributed by atoms with E-state index in [1.54, 1.807) is 24.1 Å². The first-order valence-electron chi connectivity index (χ1n) is 8.70. The summed E-state index contributed by atoms with van der Waals surface area (Å²) in [5.41, 5.74) is 1.22. The molecule has 0 radical (unpaired) electrons. The van der Waals surface area contributed by atoms with E-state index in [0.29, 0.717) is 24.2 Å². The van der Waals surface area contributed by atoms with Crippen LogP contribution in [0.5, 0.6) is 0 Å². The summed E-state index contributed by atoms with van der Waals surface area (Å²) in [7, 11) is 0. The molecule has 0 bridgehead atoms. The minimum atomic E-state index is -0.465. The summed E-state index contributed by atoms with van der Waals surface area (Å²) >= 11 is 0. The summed E-state index contributed by atoms with van der Waals surface area (Å²) in [4.78, 5) is 14.8. The first kappa shape index (κ1) is 16.2. The number of hydrogen-bond donors (Lipinski definition) is 1. The molecule has 4 rings (SSSR count). The van der Waals surface area contributed by atoms with Crippen molar-refractivity contribution < 1.29 is 14.3 Å². The van der Waals surface area contributed by atoms with Crippen LogP contribution in [0.2, 0.25) is 0 Å². The zero-order valence-corrected chi connectivity index (χ0v) is 14.2. The summed E-state index contributed by atoms with van der Waals surface area (Å²) in [5.74, 6) is -0.503. The van der Waals surface area contributed by atoms with Crippen LogP contribution >= 0.6 is 0 Å². The van der Waals surface area contributed by atoms with Gasteiger partial charge in [-0.15, -0.1) is 5.10 Å². The van der Waals surface area contributed by atoms with Gasteiger partial charge in [0.1, 0.15) is 5.82 Å². The molecule has 1 atom stereocenters. The number of aryl methyl sites for hydroxylation is 1. The second-order valence-electron chi connectivity index (χ2n) is 7.05. The van der Waals surface area contributed by atoms with Crippen molar-refractivity contribution in [3.05, 3.63) is 41.5 Å². The second-order valence-corrected chi connectivity index (χ2v) is 7.05. The maximum atomic E-state index is 13.3. The van der Waals surface area contributed by atoms with E-state index in [1.165, 1.54) is 16.8 Å². The lowest BCUT2D eigenvalue weighted by Crippen LogP contribution is -2.50. The molecule has 1 spiro atoms. The number of carbonyl (C=O) groups is 1. The molecule has 1 aliphatic carbocycles. The molecule has 1 unspecified atom stereocenters. The fraction of sp³-hybridized carbons (Fsp3) is 0.500. The van der Waals surface area contributed by atoms with Crippen LogP contribution < -0.4 is 0 Å². The number of halogens is 1. The number of aromatic nitrogens is 3. The number of likely N-dealkylation sites (tertiary alicyclic amines) is 1. The Hall–Kier alpha value is -2.28. The number of hydrogen-bond acceptors (Lipinski definition) is 4. The topological polar surface area (TPSA) is 71.2 Å². The highest BCUT2D eigenvalue weighted by molar-refractivity contribution is 5.93. The molecule has 6 nitrogen and oxygen atoms in total. The second kappa shape index (κ2) is 5.91. The van der Waals surface area contributed by atoms with E-state index < -0.39 is 11.6 Å².